The van der Waals surface area contributed by atoms with Crippen LogP contribution in [-0.4, -0.2) is 16.2 Å². The van der Waals surface area contributed by atoms with Gasteiger partial charge in [0.05, 0.1) is 22.1 Å². The van der Waals surface area contributed by atoms with Gasteiger partial charge in [0, 0.05) is 31.7 Å². The molecule has 1 N–H and O–H groups in total. The number of aliphatic imine (C=N–C) groups is 2. The molecule has 0 bridgehead atoms. The van der Waals surface area contributed by atoms with Gasteiger partial charge in [-0.3, -0.25) is 0 Å². The zero-order valence-electron chi connectivity index (χ0n) is 30.8. The van der Waals surface area contributed by atoms with E-state index >= 15 is 0 Å². The molecule has 57 heavy (non-hydrogen) atoms. The topological polar surface area (TPSA) is 41.7 Å². The molecule has 2 atom stereocenters. The van der Waals surface area contributed by atoms with Crippen LogP contribution in [0.4, 0.5) is 0 Å². The molecule has 0 radical (unpaired) electrons. The Morgan fingerprint density at radius 1 is 0.509 bits per heavy atom. The summed E-state index contributed by atoms with van der Waals surface area (Å²) in [7, 11) is 0. The Morgan fingerprint density at radius 3 is 2.00 bits per heavy atom. The number of hydrogen-bond acceptors (Lipinski definition) is 4. The molecule has 0 fully saturated rings. The number of rotatable bonds is 4. The molecule has 0 saturated heterocycles. The highest BCUT2D eigenvalue weighted by atomic mass is 32.2. The number of fused-ring (bicyclic) bond motifs is 11. The van der Waals surface area contributed by atoms with Crippen LogP contribution in [0.3, 0.4) is 0 Å². The Balaban J connectivity index is 1.03. The van der Waals surface area contributed by atoms with Crippen LogP contribution >= 0.6 is 11.8 Å². The molecule has 12 rings (SSSR count). The highest BCUT2D eigenvalue weighted by Gasteiger charge is 2.49. The minimum absolute atomic E-state index is 0.290. The fraction of sp³-hybridized carbons (Fsp3) is 0.0385. The summed E-state index contributed by atoms with van der Waals surface area (Å²) in [5.41, 5.74) is 14.0. The normalized spacial score (nSPS) is 17.6. The van der Waals surface area contributed by atoms with Gasteiger partial charge in [0.2, 0.25) is 0 Å². The molecular weight excluding hydrogens is 713 g/mol. The Labute approximate surface area is 334 Å². The number of nitrogens with zero attached hydrogens (tertiary/aromatic N) is 3. The summed E-state index contributed by atoms with van der Waals surface area (Å²) in [5, 5.41) is 6.21. The third-order valence-electron chi connectivity index (χ3n) is 11.9. The minimum Gasteiger partial charge on any atom is -0.344 e. The van der Waals surface area contributed by atoms with E-state index in [2.05, 4.69) is 168 Å². The Hall–Kier alpha value is -6.95. The van der Waals surface area contributed by atoms with Crippen molar-refractivity contribution in [2.24, 2.45) is 9.98 Å². The van der Waals surface area contributed by atoms with Crippen molar-refractivity contribution in [1.82, 2.24) is 9.88 Å². The van der Waals surface area contributed by atoms with Gasteiger partial charge >= 0.3 is 0 Å². The third kappa shape index (κ3) is 4.70. The summed E-state index contributed by atoms with van der Waals surface area (Å²) in [5.74, 6) is 1.54. The first-order valence-corrected chi connectivity index (χ1v) is 20.3. The molecule has 1 aromatic heterocycles. The van der Waals surface area contributed by atoms with Crippen LogP contribution in [0.2, 0.25) is 0 Å². The van der Waals surface area contributed by atoms with Crippen molar-refractivity contribution in [3.63, 3.8) is 0 Å². The van der Waals surface area contributed by atoms with Gasteiger partial charge in [-0.25, -0.2) is 9.98 Å². The third-order valence-corrected chi connectivity index (χ3v) is 13.1. The van der Waals surface area contributed by atoms with Gasteiger partial charge in [-0.1, -0.05) is 188 Å². The summed E-state index contributed by atoms with van der Waals surface area (Å²) in [4.78, 5) is 12.7. The lowest BCUT2D eigenvalue weighted by Gasteiger charge is -2.45. The molecule has 2 unspecified atom stereocenters. The number of aromatic nitrogens is 1. The smallest absolute Gasteiger partial charge is 0.159 e. The van der Waals surface area contributed by atoms with Crippen LogP contribution in [-0.2, 0) is 5.41 Å². The second kappa shape index (κ2) is 12.5. The van der Waals surface area contributed by atoms with Gasteiger partial charge in [-0.15, -0.1) is 0 Å². The van der Waals surface area contributed by atoms with Crippen LogP contribution in [0.1, 0.15) is 45.1 Å². The van der Waals surface area contributed by atoms with Gasteiger partial charge < -0.3 is 9.88 Å². The second-order valence-electron chi connectivity index (χ2n) is 14.9. The number of para-hydroxylation sites is 3. The van der Waals surface area contributed by atoms with E-state index in [1.54, 1.807) is 0 Å². The van der Waals surface area contributed by atoms with E-state index in [1.807, 2.05) is 48.2 Å². The number of benzene rings is 8. The zero-order valence-corrected chi connectivity index (χ0v) is 31.6. The molecule has 0 aliphatic carbocycles. The van der Waals surface area contributed by atoms with Crippen LogP contribution in [0, 0.1) is 0 Å². The van der Waals surface area contributed by atoms with Crippen LogP contribution in [0.5, 0.6) is 0 Å². The van der Waals surface area contributed by atoms with Crippen molar-refractivity contribution in [3.05, 3.63) is 233 Å². The van der Waals surface area contributed by atoms with Crippen LogP contribution < -0.4 is 5.32 Å². The molecule has 8 aromatic carbocycles. The van der Waals surface area contributed by atoms with E-state index in [0.717, 1.165) is 28.4 Å². The first kappa shape index (κ1) is 32.3. The second-order valence-corrected chi connectivity index (χ2v) is 16.0. The first-order chi connectivity index (χ1) is 28.3. The molecule has 3 aliphatic heterocycles. The van der Waals surface area contributed by atoms with Crippen molar-refractivity contribution < 1.29 is 0 Å². The fourth-order valence-corrected chi connectivity index (χ4v) is 10.8. The number of amidine groups is 2. The van der Waals surface area contributed by atoms with Gasteiger partial charge in [-0.2, -0.15) is 0 Å². The molecule has 268 valence electrons. The van der Waals surface area contributed by atoms with Gasteiger partial charge in [0.25, 0.3) is 0 Å². The van der Waals surface area contributed by atoms with E-state index in [1.165, 1.54) is 70.7 Å². The summed E-state index contributed by atoms with van der Waals surface area (Å²) >= 11 is 1.89. The molecule has 3 aliphatic rings. The van der Waals surface area contributed by atoms with Gasteiger partial charge in [0.1, 0.15) is 12.0 Å². The standard InChI is InChI=1S/C52H34N4S/c1-3-15-34(16-4-1)49-53-50(35-17-5-2-6-18-35)55-51(54-49)36-31-29-33(30-32-36)37-20-13-25-43-48(37)57-46-28-12-9-23-41(46)52(43)40-22-8-11-27-45(40)56-44-26-10-7-19-38(44)39-21-14-24-42(52)47(39)56/h1-32,51H,(H,53,54,55). The van der Waals surface area contributed by atoms with Gasteiger partial charge in [-0.05, 0) is 57.1 Å². The lowest BCUT2D eigenvalue weighted by molar-refractivity contribution is 0.674. The molecule has 1 spiro atoms. The largest absolute Gasteiger partial charge is 0.344 e. The van der Waals surface area contributed by atoms with E-state index in [9.17, 15) is 0 Å². The highest BCUT2D eigenvalue weighted by molar-refractivity contribution is 7.99. The maximum absolute atomic E-state index is 5.14. The molecule has 0 saturated carbocycles. The van der Waals surface area contributed by atoms with Crippen molar-refractivity contribution in [1.29, 1.82) is 0 Å². The molecule has 4 heterocycles. The van der Waals surface area contributed by atoms with Crippen molar-refractivity contribution in [2.75, 3.05) is 0 Å². The van der Waals surface area contributed by atoms with Crippen LogP contribution in [0.15, 0.2) is 214 Å². The minimum atomic E-state index is -0.519. The average molecular weight is 747 g/mol. The molecule has 4 nitrogen and oxygen atoms in total. The molecule has 0 amide bonds. The lowest BCUT2D eigenvalue weighted by Crippen LogP contribution is -2.37. The first-order valence-electron chi connectivity index (χ1n) is 19.4. The van der Waals surface area contributed by atoms with E-state index in [-0.39, 0.29) is 6.17 Å². The van der Waals surface area contributed by atoms with E-state index in [0.29, 0.717) is 0 Å². The maximum Gasteiger partial charge on any atom is 0.159 e. The highest BCUT2D eigenvalue weighted by Crippen LogP contribution is 2.61. The Kier molecular flexibility index (Phi) is 7.10. The Bertz CT molecular complexity index is 3130. The summed E-state index contributed by atoms with van der Waals surface area (Å²) in [6, 6.07) is 70.3. The maximum atomic E-state index is 5.14. The molecular formula is C52H34N4S. The lowest BCUT2D eigenvalue weighted by atomic mass is 9.62. The number of nitrogens with one attached hydrogen (secondary N) is 1. The fourth-order valence-electron chi connectivity index (χ4n) is 9.50. The summed E-state index contributed by atoms with van der Waals surface area (Å²) in [6.45, 7) is 0. The number of hydrogen-bond donors (Lipinski definition) is 1. The quantitative estimate of drug-likeness (QED) is 0.195. The molecule has 5 heteroatoms. The van der Waals surface area contributed by atoms with E-state index < -0.39 is 5.41 Å². The summed E-state index contributed by atoms with van der Waals surface area (Å²) in [6.07, 6.45) is -0.290. The Morgan fingerprint density at radius 2 is 1.16 bits per heavy atom. The van der Waals surface area contributed by atoms with Crippen LogP contribution in [0.25, 0.3) is 38.6 Å². The van der Waals surface area contributed by atoms with Crippen molar-refractivity contribution in [2.45, 2.75) is 21.4 Å². The SMILES string of the molecule is c1ccc(C2=NC(c3ccc(-c4cccc5c4Sc4ccccc4C54c5ccccc5-n5c6ccccc6c6cccc4c65)cc3)NC(c3ccccc3)=N2)cc1. The average Bonchev–Trinajstić information content (AvgIpc) is 3.63. The zero-order chi connectivity index (χ0) is 37.5. The monoisotopic (exact) mass is 746 g/mol. The van der Waals surface area contributed by atoms with E-state index in [4.69, 9.17) is 9.98 Å². The van der Waals surface area contributed by atoms with Gasteiger partial charge in [0.15, 0.2) is 5.84 Å². The molecule has 9 aromatic rings. The predicted octanol–water partition coefficient (Wildman–Crippen LogP) is 12.1. The van der Waals surface area contributed by atoms with Crippen molar-refractivity contribution >= 4 is 45.2 Å². The summed E-state index contributed by atoms with van der Waals surface area (Å²) < 4.78 is 2.51. The van der Waals surface area contributed by atoms with Crippen molar-refractivity contribution in [3.8, 4) is 16.8 Å². The predicted molar refractivity (Wildman–Crippen MR) is 234 cm³/mol.